The number of unbranched alkanes of at least 4 members (excludes halogenated alkanes) is 1. The molecule has 9 heteroatoms. The minimum Gasteiger partial charge on any atom is -0.495 e. The number of amides is 2. The van der Waals surface area contributed by atoms with Crippen molar-refractivity contribution >= 4 is 27.5 Å². The Kier molecular flexibility index (Phi) is 7.13. The lowest BCUT2D eigenvalue weighted by molar-refractivity contribution is -0.129. The number of carbonyl (C=O) groups excluding carboxylic acids is 2. The fourth-order valence-corrected chi connectivity index (χ4v) is 3.97. The largest absolute Gasteiger partial charge is 0.495 e. The van der Waals surface area contributed by atoms with Gasteiger partial charge in [0.15, 0.2) is 0 Å². The molecule has 1 aromatic rings. The van der Waals surface area contributed by atoms with Crippen LogP contribution in [0.15, 0.2) is 23.1 Å². The molecule has 8 nitrogen and oxygen atoms in total. The number of methoxy groups -OCH3 is 2. The summed E-state index contributed by atoms with van der Waals surface area (Å²) in [5.74, 6) is -0.514. The first-order valence-electron chi connectivity index (χ1n) is 8.43. The van der Waals surface area contributed by atoms with Crippen LogP contribution in [0.5, 0.6) is 5.75 Å². The van der Waals surface area contributed by atoms with Gasteiger partial charge >= 0.3 is 0 Å². The normalized spacial score (nSPS) is 15.4. The third-order valence-corrected chi connectivity index (χ3v) is 5.52. The van der Waals surface area contributed by atoms with Crippen LogP contribution in [0.25, 0.3) is 0 Å². The number of nitrogens with zero attached hydrogens (tertiary/aromatic N) is 1. The number of anilines is 1. The minimum atomic E-state index is -3.85. The maximum Gasteiger partial charge on any atom is 0.244 e. The molecule has 0 aromatic heterocycles. The number of hydrogen-bond donors (Lipinski definition) is 1. The van der Waals surface area contributed by atoms with Crippen molar-refractivity contribution in [1.82, 2.24) is 4.72 Å². The predicted octanol–water partition coefficient (Wildman–Crippen LogP) is 1.44. The molecule has 0 saturated carbocycles. The lowest BCUT2D eigenvalue weighted by Crippen LogP contribution is -2.40. The topological polar surface area (TPSA) is 102 Å². The number of benzene rings is 1. The summed E-state index contributed by atoms with van der Waals surface area (Å²) in [4.78, 5) is 25.1. The van der Waals surface area contributed by atoms with Crippen molar-refractivity contribution in [3.63, 3.8) is 0 Å². The zero-order valence-electron chi connectivity index (χ0n) is 15.0. The molecule has 2 amide bonds. The highest BCUT2D eigenvalue weighted by atomic mass is 32.2. The molecule has 0 spiro atoms. The van der Waals surface area contributed by atoms with Gasteiger partial charge < -0.3 is 9.47 Å². The number of rotatable bonds is 9. The number of ether oxygens (including phenoxy) is 2. The standard InChI is InChI=1S/C17H24N2O6S/c1-24-11-4-3-10-18-26(22,23)15-12-13(8-9-14(15)25-2)19-16(20)6-5-7-17(19)21/h8-9,12,18H,3-7,10-11H2,1-2H3. The average Bonchev–Trinajstić information content (AvgIpc) is 2.61. The Labute approximate surface area is 153 Å². The number of piperidine rings is 1. The van der Waals surface area contributed by atoms with Crippen LogP contribution in [0, 0.1) is 0 Å². The lowest BCUT2D eigenvalue weighted by Gasteiger charge is -2.25. The first-order chi connectivity index (χ1) is 12.4. The van der Waals surface area contributed by atoms with E-state index in [1.165, 1.54) is 25.3 Å². The molecule has 1 heterocycles. The Bertz CT molecular complexity index is 747. The van der Waals surface area contributed by atoms with Gasteiger partial charge in [0, 0.05) is 33.1 Å². The highest BCUT2D eigenvalue weighted by molar-refractivity contribution is 7.89. The number of imide groups is 1. The first-order valence-corrected chi connectivity index (χ1v) is 9.91. The van der Waals surface area contributed by atoms with E-state index in [-0.39, 0.29) is 47.5 Å². The Hall–Kier alpha value is -1.97. The van der Waals surface area contributed by atoms with Crippen LogP contribution < -0.4 is 14.4 Å². The Balaban J connectivity index is 2.26. The summed E-state index contributed by atoms with van der Waals surface area (Å²) in [5, 5.41) is 0. The molecule has 0 bridgehead atoms. The molecule has 0 aliphatic carbocycles. The monoisotopic (exact) mass is 384 g/mol. The lowest BCUT2D eigenvalue weighted by atomic mass is 10.1. The third kappa shape index (κ3) is 4.80. The molecule has 2 rings (SSSR count). The van der Waals surface area contributed by atoms with Crippen LogP contribution in [-0.4, -0.2) is 47.6 Å². The van der Waals surface area contributed by atoms with Crippen molar-refractivity contribution in [2.75, 3.05) is 32.3 Å². The first kappa shape index (κ1) is 20.3. The molecule has 26 heavy (non-hydrogen) atoms. The van der Waals surface area contributed by atoms with E-state index in [0.717, 1.165) is 11.3 Å². The van der Waals surface area contributed by atoms with E-state index in [1.54, 1.807) is 7.11 Å². The van der Waals surface area contributed by atoms with Gasteiger partial charge in [-0.2, -0.15) is 0 Å². The van der Waals surface area contributed by atoms with Gasteiger partial charge in [-0.05, 0) is 37.5 Å². The van der Waals surface area contributed by atoms with Crippen molar-refractivity contribution in [2.45, 2.75) is 37.0 Å². The molecule has 1 saturated heterocycles. The SMILES string of the molecule is COCCCCNS(=O)(=O)c1cc(N2C(=O)CCCC2=O)ccc1OC. The van der Waals surface area contributed by atoms with Gasteiger partial charge in [-0.3, -0.25) is 14.5 Å². The Morgan fingerprint density at radius 2 is 1.81 bits per heavy atom. The van der Waals surface area contributed by atoms with Gasteiger partial charge in [-0.1, -0.05) is 0 Å². The maximum atomic E-state index is 12.6. The highest BCUT2D eigenvalue weighted by Crippen LogP contribution is 2.31. The van der Waals surface area contributed by atoms with Crippen LogP contribution in [-0.2, 0) is 24.3 Å². The summed E-state index contributed by atoms with van der Waals surface area (Å²) in [5.41, 5.74) is 0.236. The zero-order valence-corrected chi connectivity index (χ0v) is 15.8. The second-order valence-electron chi connectivity index (χ2n) is 5.91. The molecule has 1 aliphatic rings. The summed E-state index contributed by atoms with van der Waals surface area (Å²) < 4.78 is 37.9. The van der Waals surface area contributed by atoms with Gasteiger partial charge in [0.2, 0.25) is 21.8 Å². The van der Waals surface area contributed by atoms with Crippen molar-refractivity contribution in [2.24, 2.45) is 0 Å². The van der Waals surface area contributed by atoms with Crippen LogP contribution in [0.1, 0.15) is 32.1 Å². The van der Waals surface area contributed by atoms with Crippen molar-refractivity contribution in [3.8, 4) is 5.75 Å². The van der Waals surface area contributed by atoms with Crippen LogP contribution in [0.4, 0.5) is 5.69 Å². The van der Waals surface area contributed by atoms with Crippen molar-refractivity contribution in [1.29, 1.82) is 0 Å². The third-order valence-electron chi connectivity index (χ3n) is 4.04. The molecule has 144 valence electrons. The summed E-state index contributed by atoms with van der Waals surface area (Å²) in [6.45, 7) is 0.806. The zero-order chi connectivity index (χ0) is 19.2. The van der Waals surface area contributed by atoms with E-state index in [2.05, 4.69) is 4.72 Å². The molecule has 1 fully saturated rings. The van der Waals surface area contributed by atoms with Gasteiger partial charge in [0.1, 0.15) is 10.6 Å². The summed E-state index contributed by atoms with van der Waals surface area (Å²) in [6, 6.07) is 4.26. The van der Waals surface area contributed by atoms with E-state index >= 15 is 0 Å². The van der Waals surface area contributed by atoms with Crippen LogP contribution in [0.3, 0.4) is 0 Å². The number of nitrogens with one attached hydrogen (secondary N) is 1. The number of carbonyl (C=O) groups is 2. The van der Waals surface area contributed by atoms with Crippen molar-refractivity contribution in [3.05, 3.63) is 18.2 Å². The molecule has 1 aliphatic heterocycles. The molecule has 0 atom stereocenters. The van der Waals surface area contributed by atoms with Gasteiger partial charge in [-0.25, -0.2) is 13.1 Å². The van der Waals surface area contributed by atoms with Crippen LogP contribution >= 0.6 is 0 Å². The minimum absolute atomic E-state index is 0.101. The number of sulfonamides is 1. The molecule has 0 radical (unpaired) electrons. The second-order valence-corrected chi connectivity index (χ2v) is 7.64. The highest BCUT2D eigenvalue weighted by Gasteiger charge is 2.29. The number of hydrogen-bond acceptors (Lipinski definition) is 6. The van der Waals surface area contributed by atoms with E-state index in [1.807, 2.05) is 0 Å². The summed E-state index contributed by atoms with van der Waals surface area (Å²) in [7, 11) is -0.900. The molecule has 0 unspecified atom stereocenters. The fraction of sp³-hybridized carbons (Fsp3) is 0.529. The average molecular weight is 384 g/mol. The maximum absolute atomic E-state index is 12.6. The molecular weight excluding hydrogens is 360 g/mol. The van der Waals surface area contributed by atoms with Gasteiger partial charge in [-0.15, -0.1) is 0 Å². The van der Waals surface area contributed by atoms with Gasteiger partial charge in [0.25, 0.3) is 0 Å². The van der Waals surface area contributed by atoms with E-state index in [4.69, 9.17) is 9.47 Å². The van der Waals surface area contributed by atoms with Crippen molar-refractivity contribution < 1.29 is 27.5 Å². The van der Waals surface area contributed by atoms with E-state index in [9.17, 15) is 18.0 Å². The smallest absolute Gasteiger partial charge is 0.244 e. The Morgan fingerprint density at radius 3 is 2.42 bits per heavy atom. The molecule has 1 aromatic carbocycles. The quantitative estimate of drug-likeness (QED) is 0.511. The summed E-state index contributed by atoms with van der Waals surface area (Å²) >= 11 is 0. The van der Waals surface area contributed by atoms with Gasteiger partial charge in [0.05, 0.1) is 12.8 Å². The fourth-order valence-electron chi connectivity index (χ4n) is 2.71. The van der Waals surface area contributed by atoms with E-state index < -0.39 is 10.0 Å². The second kappa shape index (κ2) is 9.11. The predicted molar refractivity (Wildman–Crippen MR) is 95.6 cm³/mol. The molecular formula is C17H24N2O6S. The Morgan fingerprint density at radius 1 is 1.12 bits per heavy atom. The summed E-state index contributed by atoms with van der Waals surface area (Å²) in [6.07, 6.45) is 2.39. The van der Waals surface area contributed by atoms with Crippen LogP contribution in [0.2, 0.25) is 0 Å². The molecule has 1 N–H and O–H groups in total. The van der Waals surface area contributed by atoms with E-state index in [0.29, 0.717) is 19.4 Å².